The number of nitrogens with one attached hydrogen (secondary N) is 1. The van der Waals surface area contributed by atoms with E-state index in [1.54, 1.807) is 35.7 Å². The molecule has 0 saturated carbocycles. The Bertz CT molecular complexity index is 1240. The fraction of sp³-hybridized carbons (Fsp3) is 0.296. The molecule has 1 amide bonds. The largest absolute Gasteiger partial charge is 0.496 e. The fourth-order valence-corrected chi connectivity index (χ4v) is 5.71. The Morgan fingerprint density at radius 2 is 1.54 bits per heavy atom. The molecule has 0 unspecified atom stereocenters. The molecule has 0 aliphatic carbocycles. The summed E-state index contributed by atoms with van der Waals surface area (Å²) in [6.07, 6.45) is 0. The number of sulfonamides is 1. The number of hydrogen-bond donors (Lipinski definition) is 1. The summed E-state index contributed by atoms with van der Waals surface area (Å²) in [4.78, 5) is 15.3. The maximum atomic E-state index is 12.8. The second-order valence-corrected chi connectivity index (χ2v) is 10.6. The zero-order chi connectivity index (χ0) is 24.8. The highest BCUT2D eigenvalue weighted by Crippen LogP contribution is 2.24. The van der Waals surface area contributed by atoms with Crippen LogP contribution in [0.15, 0.2) is 83.8 Å². The topological polar surface area (TPSA) is 79.0 Å². The van der Waals surface area contributed by atoms with Gasteiger partial charge in [-0.3, -0.25) is 9.69 Å². The minimum Gasteiger partial charge on any atom is -0.496 e. The molecule has 8 heteroatoms. The van der Waals surface area contributed by atoms with Gasteiger partial charge in [-0.25, -0.2) is 8.42 Å². The summed E-state index contributed by atoms with van der Waals surface area (Å²) in [6.45, 7) is 4.87. The van der Waals surface area contributed by atoms with Crippen molar-refractivity contribution in [2.75, 3.05) is 33.3 Å². The third-order valence-corrected chi connectivity index (χ3v) is 8.20. The van der Waals surface area contributed by atoms with Crippen molar-refractivity contribution in [2.45, 2.75) is 24.4 Å². The Morgan fingerprint density at radius 1 is 0.914 bits per heavy atom. The first-order valence-electron chi connectivity index (χ1n) is 11.7. The van der Waals surface area contributed by atoms with Crippen molar-refractivity contribution in [1.29, 1.82) is 0 Å². The van der Waals surface area contributed by atoms with Crippen LogP contribution in [0.2, 0.25) is 0 Å². The number of piperazine rings is 1. The molecule has 1 N–H and O–H groups in total. The number of ether oxygens (including phenoxy) is 1. The lowest BCUT2D eigenvalue weighted by molar-refractivity contribution is 0.0939. The van der Waals surface area contributed by atoms with Gasteiger partial charge in [0, 0.05) is 43.9 Å². The van der Waals surface area contributed by atoms with E-state index in [0.29, 0.717) is 43.2 Å². The lowest BCUT2D eigenvalue weighted by atomic mass is 10.1. The number of carbonyl (C=O) groups excluding carboxylic acids is 1. The lowest BCUT2D eigenvalue weighted by Gasteiger charge is -2.34. The molecular weight excluding hydrogens is 462 g/mol. The molecule has 35 heavy (non-hydrogen) atoms. The SMILES string of the molecule is COc1ccccc1[C@H](C)NC(=O)c1ccc(CN2CCN(S(=O)(=O)c3ccccc3)CC2)cc1. The van der Waals surface area contributed by atoms with E-state index in [1.807, 2.05) is 61.5 Å². The van der Waals surface area contributed by atoms with Crippen molar-refractivity contribution in [3.63, 3.8) is 0 Å². The van der Waals surface area contributed by atoms with Crippen LogP contribution in [0.4, 0.5) is 0 Å². The maximum absolute atomic E-state index is 12.8. The Kier molecular flexibility index (Phi) is 7.85. The highest BCUT2D eigenvalue weighted by atomic mass is 32.2. The highest BCUT2D eigenvalue weighted by Gasteiger charge is 2.28. The summed E-state index contributed by atoms with van der Waals surface area (Å²) in [6, 6.07) is 23.6. The van der Waals surface area contributed by atoms with E-state index in [-0.39, 0.29) is 11.9 Å². The summed E-state index contributed by atoms with van der Waals surface area (Å²) in [7, 11) is -1.83. The van der Waals surface area contributed by atoms with Crippen LogP contribution in [0.3, 0.4) is 0 Å². The van der Waals surface area contributed by atoms with Crippen molar-refractivity contribution in [1.82, 2.24) is 14.5 Å². The van der Waals surface area contributed by atoms with E-state index in [2.05, 4.69) is 10.2 Å². The van der Waals surface area contributed by atoms with Gasteiger partial charge in [0.15, 0.2) is 0 Å². The molecule has 0 aromatic heterocycles. The number of benzene rings is 3. The van der Waals surface area contributed by atoms with E-state index in [1.165, 1.54) is 0 Å². The summed E-state index contributed by atoms with van der Waals surface area (Å²) in [5, 5.41) is 3.03. The van der Waals surface area contributed by atoms with Gasteiger partial charge in [0.1, 0.15) is 5.75 Å². The average Bonchev–Trinajstić information content (AvgIpc) is 2.90. The molecule has 184 valence electrons. The van der Waals surface area contributed by atoms with Crippen molar-refractivity contribution < 1.29 is 17.9 Å². The van der Waals surface area contributed by atoms with Crippen LogP contribution in [0.1, 0.15) is 34.5 Å². The highest BCUT2D eigenvalue weighted by molar-refractivity contribution is 7.89. The smallest absolute Gasteiger partial charge is 0.251 e. The van der Waals surface area contributed by atoms with Crippen LogP contribution in [-0.2, 0) is 16.6 Å². The summed E-state index contributed by atoms with van der Waals surface area (Å²) < 4.78 is 32.6. The Labute approximate surface area is 207 Å². The molecule has 0 bridgehead atoms. The minimum atomic E-state index is -3.45. The third-order valence-electron chi connectivity index (χ3n) is 6.29. The molecule has 0 spiro atoms. The van der Waals surface area contributed by atoms with Gasteiger partial charge in [-0.2, -0.15) is 4.31 Å². The van der Waals surface area contributed by atoms with Gasteiger partial charge in [0.05, 0.1) is 18.0 Å². The molecule has 3 aromatic carbocycles. The Hall–Kier alpha value is -3.20. The second kappa shape index (κ2) is 11.0. The molecule has 4 rings (SSSR count). The zero-order valence-corrected chi connectivity index (χ0v) is 20.9. The van der Waals surface area contributed by atoms with Gasteiger partial charge in [-0.05, 0) is 42.8 Å². The standard InChI is InChI=1S/C27H31N3O4S/c1-21(25-10-6-7-11-26(25)34-2)28-27(31)23-14-12-22(13-15-23)20-29-16-18-30(19-17-29)35(32,33)24-8-4-3-5-9-24/h3-15,21H,16-20H2,1-2H3,(H,28,31)/t21-/m0/s1. The quantitative estimate of drug-likeness (QED) is 0.518. The first kappa shape index (κ1) is 24.9. The van der Waals surface area contributed by atoms with Gasteiger partial charge < -0.3 is 10.1 Å². The number of methoxy groups -OCH3 is 1. The number of rotatable bonds is 8. The van der Waals surface area contributed by atoms with Gasteiger partial charge in [0.25, 0.3) is 5.91 Å². The van der Waals surface area contributed by atoms with Gasteiger partial charge >= 0.3 is 0 Å². The molecule has 1 heterocycles. The Morgan fingerprint density at radius 3 is 2.20 bits per heavy atom. The van der Waals surface area contributed by atoms with Crippen LogP contribution in [-0.4, -0.2) is 56.8 Å². The molecule has 3 aromatic rings. The molecule has 0 radical (unpaired) electrons. The van der Waals surface area contributed by atoms with Crippen LogP contribution in [0.5, 0.6) is 5.75 Å². The van der Waals surface area contributed by atoms with Gasteiger partial charge in [-0.1, -0.05) is 48.5 Å². The molecule has 7 nitrogen and oxygen atoms in total. The van der Waals surface area contributed by atoms with Crippen molar-refractivity contribution >= 4 is 15.9 Å². The number of hydrogen-bond acceptors (Lipinski definition) is 5. The number of nitrogens with zero attached hydrogens (tertiary/aromatic N) is 2. The molecule has 1 aliphatic heterocycles. The van der Waals surface area contributed by atoms with Crippen molar-refractivity contribution in [3.05, 3.63) is 95.6 Å². The predicted octanol–water partition coefficient (Wildman–Crippen LogP) is 3.69. The summed E-state index contributed by atoms with van der Waals surface area (Å²) >= 11 is 0. The monoisotopic (exact) mass is 493 g/mol. The average molecular weight is 494 g/mol. The molecule has 1 fully saturated rings. The zero-order valence-electron chi connectivity index (χ0n) is 20.1. The summed E-state index contributed by atoms with van der Waals surface area (Å²) in [5.41, 5.74) is 2.60. The van der Waals surface area contributed by atoms with E-state index >= 15 is 0 Å². The fourth-order valence-electron chi connectivity index (χ4n) is 4.27. The van der Waals surface area contributed by atoms with E-state index in [4.69, 9.17) is 4.74 Å². The minimum absolute atomic E-state index is 0.144. The number of carbonyl (C=O) groups is 1. The first-order valence-corrected chi connectivity index (χ1v) is 13.1. The third kappa shape index (κ3) is 5.90. The van der Waals surface area contributed by atoms with Crippen LogP contribution in [0.25, 0.3) is 0 Å². The number of amides is 1. The van der Waals surface area contributed by atoms with E-state index < -0.39 is 10.0 Å². The van der Waals surface area contributed by atoms with Gasteiger partial charge in [-0.15, -0.1) is 0 Å². The van der Waals surface area contributed by atoms with Crippen LogP contribution >= 0.6 is 0 Å². The normalized spacial score (nSPS) is 15.9. The molecule has 1 aliphatic rings. The van der Waals surface area contributed by atoms with Crippen LogP contribution in [0, 0.1) is 0 Å². The molecule has 1 saturated heterocycles. The molecular formula is C27H31N3O4S. The Balaban J connectivity index is 1.31. The van der Waals surface area contributed by atoms with Crippen molar-refractivity contribution in [3.8, 4) is 5.75 Å². The lowest BCUT2D eigenvalue weighted by Crippen LogP contribution is -2.48. The van der Waals surface area contributed by atoms with Crippen LogP contribution < -0.4 is 10.1 Å². The number of para-hydroxylation sites is 1. The first-order chi connectivity index (χ1) is 16.9. The maximum Gasteiger partial charge on any atom is 0.251 e. The van der Waals surface area contributed by atoms with E-state index in [0.717, 1.165) is 16.9 Å². The van der Waals surface area contributed by atoms with Gasteiger partial charge in [0.2, 0.25) is 10.0 Å². The molecule has 1 atom stereocenters. The van der Waals surface area contributed by atoms with E-state index in [9.17, 15) is 13.2 Å². The second-order valence-electron chi connectivity index (χ2n) is 8.63. The predicted molar refractivity (Wildman–Crippen MR) is 136 cm³/mol. The van der Waals surface area contributed by atoms with Crippen molar-refractivity contribution in [2.24, 2.45) is 0 Å². The summed E-state index contributed by atoms with van der Waals surface area (Å²) in [5.74, 6) is 0.599.